The van der Waals surface area contributed by atoms with Gasteiger partial charge < -0.3 is 16.8 Å². The Hall–Kier alpha value is -6.63. The molecule has 3 amide bonds. The summed E-state index contributed by atoms with van der Waals surface area (Å²) in [4.78, 5) is 51.7. The number of primary amides is 2. The Balaban J connectivity index is 0.000000202. The molecule has 52 heavy (non-hydrogen) atoms. The fourth-order valence-electron chi connectivity index (χ4n) is 5.96. The van der Waals surface area contributed by atoms with Crippen molar-refractivity contribution in [2.24, 2.45) is 11.5 Å². The zero-order chi connectivity index (χ0) is 37.4. The van der Waals surface area contributed by atoms with Crippen LogP contribution < -0.4 is 16.8 Å². The highest BCUT2D eigenvalue weighted by Crippen LogP contribution is 2.40. The first-order valence-corrected chi connectivity index (χ1v) is 16.5. The molecule has 1 aromatic heterocycles. The number of rotatable bonds is 8. The number of allylic oxidation sites excluding steroid dienone is 3. The molecule has 1 aliphatic carbocycles. The Kier molecular flexibility index (Phi) is 11.2. The molecule has 1 unspecified atom stereocenters. The van der Waals surface area contributed by atoms with Gasteiger partial charge in [-0.25, -0.2) is 0 Å². The number of carbonyl (C=O) groups excluding carboxylic acids is 4. The number of hydrogen-bond acceptors (Lipinski definition) is 6. The molecule has 1 aliphatic rings. The standard InChI is InChI=1S/C22H15ClN2O2.C20H19N3O2/c1-14-5-6-18(21(23)26)12-20(14)16-7-9-17(10-8-16)22(27)25-19-4-2-3-15(11-19)13-24;1-13-17(5-3-11-23-13)20(19(22)25)10-2-4-16(12-20)14-6-8-15(9-7-14)18(21)24/h2-12H,1H3,(H,25,27);2-11H,12H2,1H3,(H2,21,24)(H2,22,25). The third-order valence-electron chi connectivity index (χ3n) is 8.79. The van der Waals surface area contributed by atoms with Crippen molar-refractivity contribution in [1.29, 1.82) is 5.26 Å². The van der Waals surface area contributed by atoms with Crippen LogP contribution in [0.15, 0.2) is 128 Å². The molecule has 5 N–H and O–H groups in total. The highest BCUT2D eigenvalue weighted by atomic mass is 35.5. The molecule has 0 radical (unpaired) electrons. The SMILES string of the molecule is Cc1ccc(C(=O)Cl)cc1-c1ccc(C(=O)Nc2cccc(C#N)c2)cc1.Cc1ncccc1C1(C(N)=O)C=CC=C(c2ccc(C(N)=O)cc2)C1. The molecule has 0 saturated heterocycles. The van der Waals surface area contributed by atoms with Crippen LogP contribution in [-0.4, -0.2) is 27.9 Å². The fourth-order valence-corrected chi connectivity index (χ4v) is 6.08. The number of nitrogens with zero attached hydrogens (tertiary/aromatic N) is 2. The van der Waals surface area contributed by atoms with Crippen LogP contribution in [0.5, 0.6) is 0 Å². The maximum absolute atomic E-state index is 12.4. The summed E-state index contributed by atoms with van der Waals surface area (Å²) < 4.78 is 0. The summed E-state index contributed by atoms with van der Waals surface area (Å²) in [6.45, 7) is 3.81. The number of hydrogen-bond donors (Lipinski definition) is 3. The summed E-state index contributed by atoms with van der Waals surface area (Å²) in [7, 11) is 0. The van der Waals surface area contributed by atoms with Gasteiger partial charge in [-0.05, 0) is 126 Å². The minimum atomic E-state index is -0.940. The number of anilines is 1. The third kappa shape index (κ3) is 8.21. The first-order chi connectivity index (χ1) is 24.9. The molecule has 6 rings (SSSR count). The molecule has 0 fully saturated rings. The van der Waals surface area contributed by atoms with Crippen molar-refractivity contribution in [3.63, 3.8) is 0 Å². The zero-order valence-corrected chi connectivity index (χ0v) is 29.1. The minimum absolute atomic E-state index is 0.266. The number of benzene rings is 4. The van der Waals surface area contributed by atoms with Crippen molar-refractivity contribution in [3.8, 4) is 17.2 Å². The Bertz CT molecular complexity index is 2290. The summed E-state index contributed by atoms with van der Waals surface area (Å²) >= 11 is 5.57. The van der Waals surface area contributed by atoms with E-state index in [1.54, 1.807) is 72.9 Å². The highest BCUT2D eigenvalue weighted by molar-refractivity contribution is 6.67. The largest absolute Gasteiger partial charge is 0.369 e. The number of nitriles is 1. The van der Waals surface area contributed by atoms with Crippen LogP contribution in [0.4, 0.5) is 5.69 Å². The molecule has 0 aliphatic heterocycles. The van der Waals surface area contributed by atoms with Gasteiger partial charge in [-0.2, -0.15) is 5.26 Å². The average Bonchev–Trinajstić information content (AvgIpc) is 3.15. The molecule has 0 saturated carbocycles. The number of halogens is 1. The number of aromatic nitrogens is 1. The van der Waals surface area contributed by atoms with Crippen molar-refractivity contribution < 1.29 is 19.2 Å². The van der Waals surface area contributed by atoms with E-state index >= 15 is 0 Å². The van der Waals surface area contributed by atoms with Gasteiger partial charge in [-0.1, -0.05) is 60.7 Å². The van der Waals surface area contributed by atoms with Gasteiger partial charge in [0.2, 0.25) is 11.8 Å². The van der Waals surface area contributed by atoms with Crippen molar-refractivity contribution in [2.75, 3.05) is 5.32 Å². The van der Waals surface area contributed by atoms with Crippen LogP contribution in [0, 0.1) is 25.2 Å². The predicted octanol–water partition coefficient (Wildman–Crippen LogP) is 7.42. The minimum Gasteiger partial charge on any atom is -0.369 e. The molecule has 1 atom stereocenters. The lowest BCUT2D eigenvalue weighted by molar-refractivity contribution is -0.121. The third-order valence-corrected chi connectivity index (χ3v) is 9.01. The van der Waals surface area contributed by atoms with E-state index in [1.807, 2.05) is 74.5 Å². The number of aryl methyl sites for hydroxylation is 2. The van der Waals surface area contributed by atoms with E-state index in [0.29, 0.717) is 34.4 Å². The summed E-state index contributed by atoms with van der Waals surface area (Å²) in [6, 6.07) is 31.8. The van der Waals surface area contributed by atoms with Gasteiger partial charge in [0.15, 0.2) is 0 Å². The topological polar surface area (TPSA) is 169 Å². The van der Waals surface area contributed by atoms with Crippen LogP contribution >= 0.6 is 11.6 Å². The Labute approximate surface area is 306 Å². The molecule has 5 aromatic rings. The van der Waals surface area contributed by atoms with Crippen molar-refractivity contribution >= 4 is 45.8 Å². The Morgan fingerprint density at radius 3 is 2.13 bits per heavy atom. The second kappa shape index (κ2) is 15.9. The molecule has 4 aromatic carbocycles. The number of nitrogens with one attached hydrogen (secondary N) is 1. The second-order valence-corrected chi connectivity index (χ2v) is 12.5. The molecular weight excluding hydrogens is 674 g/mol. The van der Waals surface area contributed by atoms with E-state index in [9.17, 15) is 19.2 Å². The predicted molar refractivity (Wildman–Crippen MR) is 202 cm³/mol. The van der Waals surface area contributed by atoms with E-state index in [1.165, 1.54) is 0 Å². The van der Waals surface area contributed by atoms with Crippen LogP contribution in [0.1, 0.15) is 65.4 Å². The van der Waals surface area contributed by atoms with Gasteiger partial charge in [0.1, 0.15) is 0 Å². The molecule has 258 valence electrons. The average molecular weight is 708 g/mol. The van der Waals surface area contributed by atoms with E-state index in [2.05, 4.69) is 10.3 Å². The lowest BCUT2D eigenvalue weighted by atomic mass is 9.70. The lowest BCUT2D eigenvalue weighted by Gasteiger charge is -2.32. The summed E-state index contributed by atoms with van der Waals surface area (Å²) in [5, 5.41) is 11.2. The van der Waals surface area contributed by atoms with Crippen molar-refractivity contribution in [3.05, 3.63) is 172 Å². The van der Waals surface area contributed by atoms with Crippen LogP contribution in [0.2, 0.25) is 0 Å². The van der Waals surface area contributed by atoms with Crippen LogP contribution in [0.25, 0.3) is 16.7 Å². The zero-order valence-electron chi connectivity index (χ0n) is 28.4. The van der Waals surface area contributed by atoms with Crippen molar-refractivity contribution in [2.45, 2.75) is 25.7 Å². The van der Waals surface area contributed by atoms with Crippen LogP contribution in [0.3, 0.4) is 0 Å². The fraction of sp³-hybridized carbons (Fsp3) is 0.0952. The Morgan fingerprint density at radius 2 is 1.50 bits per heavy atom. The van der Waals surface area contributed by atoms with Gasteiger partial charge >= 0.3 is 0 Å². The summed E-state index contributed by atoms with van der Waals surface area (Å²) in [6.07, 6.45) is 7.76. The van der Waals surface area contributed by atoms with E-state index in [4.69, 9.17) is 28.3 Å². The van der Waals surface area contributed by atoms with Crippen LogP contribution in [-0.2, 0) is 10.2 Å². The quantitative estimate of drug-likeness (QED) is 0.142. The maximum Gasteiger partial charge on any atom is 0.255 e. The first kappa shape index (κ1) is 36.6. The van der Waals surface area contributed by atoms with Crippen molar-refractivity contribution in [1.82, 2.24) is 4.98 Å². The molecule has 10 heteroatoms. The first-order valence-electron chi connectivity index (χ1n) is 16.1. The smallest absolute Gasteiger partial charge is 0.255 e. The lowest BCUT2D eigenvalue weighted by Crippen LogP contribution is -2.41. The number of carbonyl (C=O) groups is 4. The highest BCUT2D eigenvalue weighted by Gasteiger charge is 2.39. The normalized spacial score (nSPS) is 14.5. The molecule has 1 heterocycles. The summed E-state index contributed by atoms with van der Waals surface area (Å²) in [5.41, 5.74) is 18.8. The maximum atomic E-state index is 12.4. The number of amides is 3. The van der Waals surface area contributed by atoms with Gasteiger partial charge in [0.05, 0.1) is 17.0 Å². The van der Waals surface area contributed by atoms with Gasteiger partial charge in [0.25, 0.3) is 11.1 Å². The van der Waals surface area contributed by atoms with Gasteiger partial charge in [-0.3, -0.25) is 24.2 Å². The Morgan fingerprint density at radius 1 is 0.827 bits per heavy atom. The number of nitrogens with two attached hydrogens (primary N) is 2. The van der Waals surface area contributed by atoms with Gasteiger partial charge in [0, 0.05) is 34.3 Å². The molecule has 0 spiro atoms. The number of pyridine rings is 1. The second-order valence-electron chi connectivity index (χ2n) is 12.2. The molecule has 9 nitrogen and oxygen atoms in total. The molecule has 0 bridgehead atoms. The summed E-state index contributed by atoms with van der Waals surface area (Å²) in [5.74, 6) is -1.15. The molecular formula is C42H34ClN5O4. The van der Waals surface area contributed by atoms with E-state index in [0.717, 1.165) is 39.1 Å². The van der Waals surface area contributed by atoms with Gasteiger partial charge in [-0.15, -0.1) is 0 Å². The van der Waals surface area contributed by atoms with E-state index < -0.39 is 22.5 Å². The monoisotopic (exact) mass is 707 g/mol. The van der Waals surface area contributed by atoms with E-state index in [-0.39, 0.29) is 5.91 Å².